The Hall–Kier alpha value is -0.830. The first-order chi connectivity index (χ1) is 6.69. The lowest BCUT2D eigenvalue weighted by molar-refractivity contribution is 0.101. The van der Waals surface area contributed by atoms with Crippen molar-refractivity contribution in [2.45, 2.75) is 13.3 Å². The average molecular weight is 257 g/mol. The molecule has 0 atom stereocenters. The highest BCUT2D eigenvalue weighted by Crippen LogP contribution is 2.20. The van der Waals surface area contributed by atoms with E-state index in [1.54, 1.807) is 14.0 Å². The van der Waals surface area contributed by atoms with E-state index in [4.69, 9.17) is 4.74 Å². The van der Waals surface area contributed by atoms with Gasteiger partial charge in [0.1, 0.15) is 5.75 Å². The number of aryl methyl sites for hydroxylation is 1. The van der Waals surface area contributed by atoms with Crippen LogP contribution < -0.4 is 4.74 Å². The maximum Gasteiger partial charge on any atom is 0.163 e. The molecule has 0 aliphatic heterocycles. The molecule has 0 aromatic heterocycles. The van der Waals surface area contributed by atoms with Crippen molar-refractivity contribution in [3.63, 3.8) is 0 Å². The minimum Gasteiger partial charge on any atom is -0.496 e. The average Bonchev–Trinajstić information content (AvgIpc) is 2.18. The second-order valence-corrected chi connectivity index (χ2v) is 3.82. The van der Waals surface area contributed by atoms with Crippen molar-refractivity contribution in [1.29, 1.82) is 0 Å². The summed E-state index contributed by atoms with van der Waals surface area (Å²) < 4.78 is 5.11. The number of ether oxygens (including phenoxy) is 1. The number of rotatable bonds is 4. The minimum absolute atomic E-state index is 0.0401. The number of Topliss-reactive ketones (excluding diaryl/α,β-unsaturated/α-hetero) is 1. The lowest BCUT2D eigenvalue weighted by Crippen LogP contribution is -1.99. The molecule has 0 saturated heterocycles. The molecular weight excluding hydrogens is 244 g/mol. The largest absolute Gasteiger partial charge is 0.496 e. The van der Waals surface area contributed by atoms with Gasteiger partial charge in [0.15, 0.2) is 5.78 Å². The van der Waals surface area contributed by atoms with Gasteiger partial charge in [0.05, 0.1) is 12.7 Å². The monoisotopic (exact) mass is 256 g/mol. The first kappa shape index (κ1) is 11.2. The Morgan fingerprint density at radius 2 is 2.21 bits per heavy atom. The van der Waals surface area contributed by atoms with Gasteiger partial charge in [0.2, 0.25) is 0 Å². The Bertz CT molecular complexity index is 334. The highest BCUT2D eigenvalue weighted by atomic mass is 79.9. The molecule has 76 valence electrons. The summed E-state index contributed by atoms with van der Waals surface area (Å²) in [5.41, 5.74) is 1.80. The fourth-order valence-corrected chi connectivity index (χ4v) is 1.75. The van der Waals surface area contributed by atoms with Gasteiger partial charge in [-0.05, 0) is 31.0 Å². The van der Waals surface area contributed by atoms with E-state index in [0.29, 0.717) is 11.3 Å². The molecule has 0 unspecified atom stereocenters. The van der Waals surface area contributed by atoms with E-state index in [0.717, 1.165) is 17.3 Å². The molecule has 1 aromatic carbocycles. The van der Waals surface area contributed by atoms with Crippen LogP contribution in [0.5, 0.6) is 5.75 Å². The molecule has 0 radical (unpaired) electrons. The molecule has 2 nitrogen and oxygen atoms in total. The van der Waals surface area contributed by atoms with Gasteiger partial charge in [0.25, 0.3) is 0 Å². The standard InChI is InChI=1S/C11H13BrO2/c1-8(13)10-7-9(5-6-12)3-4-11(10)14-2/h3-4,7H,5-6H2,1-2H3. The summed E-state index contributed by atoms with van der Waals surface area (Å²) in [5.74, 6) is 0.689. The number of halogens is 1. The van der Waals surface area contributed by atoms with E-state index < -0.39 is 0 Å². The van der Waals surface area contributed by atoms with Crippen LogP contribution in [0.1, 0.15) is 22.8 Å². The van der Waals surface area contributed by atoms with Crippen LogP contribution in [-0.4, -0.2) is 18.2 Å². The van der Waals surface area contributed by atoms with E-state index in [9.17, 15) is 4.79 Å². The molecule has 0 bridgehead atoms. The summed E-state index contributed by atoms with van der Waals surface area (Å²) in [4.78, 5) is 11.3. The quantitative estimate of drug-likeness (QED) is 0.612. The van der Waals surface area contributed by atoms with Crippen molar-refractivity contribution in [3.05, 3.63) is 29.3 Å². The van der Waals surface area contributed by atoms with Crippen molar-refractivity contribution in [3.8, 4) is 5.75 Å². The molecule has 0 fully saturated rings. The van der Waals surface area contributed by atoms with E-state index in [2.05, 4.69) is 15.9 Å². The topological polar surface area (TPSA) is 26.3 Å². The van der Waals surface area contributed by atoms with Crippen LogP contribution in [0.3, 0.4) is 0 Å². The van der Waals surface area contributed by atoms with Crippen molar-refractivity contribution in [2.75, 3.05) is 12.4 Å². The molecular formula is C11H13BrO2. The van der Waals surface area contributed by atoms with Crippen LogP contribution >= 0.6 is 15.9 Å². The molecule has 3 heteroatoms. The Morgan fingerprint density at radius 1 is 1.50 bits per heavy atom. The van der Waals surface area contributed by atoms with Crippen molar-refractivity contribution in [2.24, 2.45) is 0 Å². The third-order valence-electron chi connectivity index (χ3n) is 2.03. The third-order valence-corrected chi connectivity index (χ3v) is 2.42. The van der Waals surface area contributed by atoms with E-state index in [-0.39, 0.29) is 5.78 Å². The van der Waals surface area contributed by atoms with Gasteiger partial charge in [-0.15, -0.1) is 0 Å². The molecule has 0 saturated carbocycles. The summed E-state index contributed by atoms with van der Waals surface area (Å²) in [7, 11) is 1.58. The Kier molecular flexibility index (Phi) is 4.14. The maximum absolute atomic E-state index is 11.3. The number of benzene rings is 1. The van der Waals surface area contributed by atoms with E-state index >= 15 is 0 Å². The maximum atomic E-state index is 11.3. The predicted octanol–water partition coefficient (Wildman–Crippen LogP) is 2.84. The van der Waals surface area contributed by atoms with Crippen LogP contribution in [0.2, 0.25) is 0 Å². The molecule has 0 aliphatic rings. The van der Waals surface area contributed by atoms with Gasteiger partial charge in [-0.1, -0.05) is 22.0 Å². The van der Waals surface area contributed by atoms with Gasteiger partial charge in [-0.25, -0.2) is 0 Å². The Morgan fingerprint density at radius 3 is 2.71 bits per heavy atom. The molecule has 0 amide bonds. The smallest absolute Gasteiger partial charge is 0.163 e. The van der Waals surface area contributed by atoms with Gasteiger partial charge >= 0.3 is 0 Å². The lowest BCUT2D eigenvalue weighted by Gasteiger charge is -2.07. The van der Waals surface area contributed by atoms with Crippen molar-refractivity contribution in [1.82, 2.24) is 0 Å². The minimum atomic E-state index is 0.0401. The fraction of sp³-hybridized carbons (Fsp3) is 0.364. The van der Waals surface area contributed by atoms with Gasteiger partial charge in [-0.3, -0.25) is 4.79 Å². The highest BCUT2D eigenvalue weighted by molar-refractivity contribution is 9.09. The number of ketones is 1. The second-order valence-electron chi connectivity index (χ2n) is 3.03. The zero-order chi connectivity index (χ0) is 10.6. The van der Waals surface area contributed by atoms with Gasteiger partial charge in [0, 0.05) is 5.33 Å². The molecule has 1 rings (SSSR count). The summed E-state index contributed by atoms with van der Waals surface area (Å²) in [6.45, 7) is 1.55. The van der Waals surface area contributed by atoms with Crippen LogP contribution in [0.25, 0.3) is 0 Å². The van der Waals surface area contributed by atoms with Crippen LogP contribution in [-0.2, 0) is 6.42 Å². The number of hydrogen-bond acceptors (Lipinski definition) is 2. The molecule has 0 spiro atoms. The highest BCUT2D eigenvalue weighted by Gasteiger charge is 2.08. The van der Waals surface area contributed by atoms with E-state index in [1.165, 1.54) is 0 Å². The summed E-state index contributed by atoms with van der Waals surface area (Å²) >= 11 is 3.37. The Balaban J connectivity index is 3.07. The first-order valence-corrected chi connectivity index (χ1v) is 5.55. The Labute approximate surface area is 92.4 Å². The van der Waals surface area contributed by atoms with Gasteiger partial charge in [-0.2, -0.15) is 0 Å². The normalized spacial score (nSPS) is 9.93. The van der Waals surface area contributed by atoms with Crippen molar-refractivity contribution < 1.29 is 9.53 Å². The number of hydrogen-bond donors (Lipinski definition) is 0. The van der Waals surface area contributed by atoms with E-state index in [1.807, 2.05) is 18.2 Å². The third kappa shape index (κ3) is 2.58. The fourth-order valence-electron chi connectivity index (χ4n) is 1.29. The zero-order valence-corrected chi connectivity index (χ0v) is 9.93. The number of alkyl halides is 1. The summed E-state index contributed by atoms with van der Waals surface area (Å²) in [5, 5.41) is 0.899. The molecule has 14 heavy (non-hydrogen) atoms. The zero-order valence-electron chi connectivity index (χ0n) is 8.34. The number of methoxy groups -OCH3 is 1. The summed E-state index contributed by atoms with van der Waals surface area (Å²) in [6, 6.07) is 5.71. The SMILES string of the molecule is COc1ccc(CCBr)cc1C(C)=O. The molecule has 0 N–H and O–H groups in total. The van der Waals surface area contributed by atoms with Crippen LogP contribution in [0, 0.1) is 0 Å². The molecule has 0 heterocycles. The summed E-state index contributed by atoms with van der Waals surface area (Å²) in [6.07, 6.45) is 0.921. The van der Waals surface area contributed by atoms with Crippen molar-refractivity contribution >= 4 is 21.7 Å². The molecule has 1 aromatic rings. The predicted molar refractivity (Wildman–Crippen MR) is 60.5 cm³/mol. The molecule has 0 aliphatic carbocycles. The number of carbonyl (C=O) groups excluding carboxylic acids is 1. The second kappa shape index (κ2) is 5.15. The lowest BCUT2D eigenvalue weighted by atomic mass is 10.1. The van der Waals surface area contributed by atoms with Crippen LogP contribution in [0.4, 0.5) is 0 Å². The van der Waals surface area contributed by atoms with Gasteiger partial charge < -0.3 is 4.74 Å². The first-order valence-electron chi connectivity index (χ1n) is 4.43. The van der Waals surface area contributed by atoms with Crippen LogP contribution in [0.15, 0.2) is 18.2 Å². The number of carbonyl (C=O) groups is 1.